The van der Waals surface area contributed by atoms with Crippen molar-refractivity contribution in [3.8, 4) is 11.1 Å². The van der Waals surface area contributed by atoms with Crippen LogP contribution in [-0.2, 0) is 4.79 Å². The summed E-state index contributed by atoms with van der Waals surface area (Å²) in [6, 6.07) is 21.6. The first kappa shape index (κ1) is 18.3. The Balaban J connectivity index is 1.55. The van der Waals surface area contributed by atoms with E-state index in [1.807, 2.05) is 72.1 Å². The highest BCUT2D eigenvalue weighted by Crippen LogP contribution is 2.36. The highest BCUT2D eigenvalue weighted by molar-refractivity contribution is 7.10. The Hall–Kier alpha value is -3.12. The van der Waals surface area contributed by atoms with Crippen LogP contribution in [0.2, 0.25) is 0 Å². The number of thiophene rings is 1. The summed E-state index contributed by atoms with van der Waals surface area (Å²) in [4.78, 5) is 26.8. The van der Waals surface area contributed by atoms with E-state index in [9.17, 15) is 14.7 Å². The fourth-order valence-corrected chi connectivity index (χ4v) is 4.54. The minimum absolute atomic E-state index is 0.117. The predicted molar refractivity (Wildman–Crippen MR) is 111 cm³/mol. The Morgan fingerprint density at radius 1 is 0.964 bits per heavy atom. The van der Waals surface area contributed by atoms with Crippen LogP contribution in [0.5, 0.6) is 0 Å². The Bertz CT molecular complexity index is 972. The second-order valence-electron chi connectivity index (χ2n) is 6.85. The number of carbonyl (C=O) groups excluding carboxylic acids is 1. The van der Waals surface area contributed by atoms with Gasteiger partial charge in [-0.05, 0) is 34.7 Å². The van der Waals surface area contributed by atoms with E-state index in [2.05, 4.69) is 5.32 Å². The van der Waals surface area contributed by atoms with E-state index in [1.54, 1.807) is 11.3 Å². The summed E-state index contributed by atoms with van der Waals surface area (Å²) in [5.41, 5.74) is 2.81. The first-order valence-corrected chi connectivity index (χ1v) is 9.97. The average Bonchev–Trinajstić information content (AvgIpc) is 3.38. The molecular formula is C22H20N2O3S. The van der Waals surface area contributed by atoms with Crippen molar-refractivity contribution in [3.63, 3.8) is 0 Å². The van der Waals surface area contributed by atoms with Gasteiger partial charge in [-0.25, -0.2) is 4.79 Å². The normalized spacial score (nSPS) is 18.8. The summed E-state index contributed by atoms with van der Waals surface area (Å²) < 4.78 is 0. The zero-order chi connectivity index (χ0) is 19.5. The summed E-state index contributed by atoms with van der Waals surface area (Å²) in [6.07, 6.45) is -0.983. The fourth-order valence-electron chi connectivity index (χ4n) is 3.66. The molecule has 0 bridgehead atoms. The van der Waals surface area contributed by atoms with E-state index in [4.69, 9.17) is 0 Å². The third-order valence-corrected chi connectivity index (χ3v) is 6.08. The van der Waals surface area contributed by atoms with Gasteiger partial charge in [-0.3, -0.25) is 4.79 Å². The highest BCUT2D eigenvalue weighted by Gasteiger charge is 2.41. The quantitative estimate of drug-likeness (QED) is 0.673. The number of rotatable bonds is 4. The summed E-state index contributed by atoms with van der Waals surface area (Å²) >= 11 is 1.56. The second-order valence-corrected chi connectivity index (χ2v) is 7.83. The molecule has 4 rings (SSSR count). The number of amides is 2. The number of hydrogen-bond acceptors (Lipinski definition) is 3. The third-order valence-electron chi connectivity index (χ3n) is 5.07. The molecule has 2 atom stereocenters. The number of hydrogen-bond donors (Lipinski definition) is 2. The molecule has 5 nitrogen and oxygen atoms in total. The first-order valence-electron chi connectivity index (χ1n) is 9.09. The number of nitrogens with zero attached hydrogens (tertiary/aromatic N) is 1. The van der Waals surface area contributed by atoms with E-state index < -0.39 is 12.0 Å². The van der Waals surface area contributed by atoms with Crippen LogP contribution < -0.4 is 5.32 Å². The molecule has 1 aliphatic rings. The summed E-state index contributed by atoms with van der Waals surface area (Å²) in [5.74, 6) is -0.670. The van der Waals surface area contributed by atoms with Gasteiger partial charge in [0, 0.05) is 29.6 Å². The van der Waals surface area contributed by atoms with Gasteiger partial charge in [-0.2, -0.15) is 0 Å². The Morgan fingerprint density at radius 2 is 1.75 bits per heavy atom. The Kier molecular flexibility index (Phi) is 5.12. The van der Waals surface area contributed by atoms with Crippen LogP contribution in [0.3, 0.4) is 0 Å². The van der Waals surface area contributed by atoms with Crippen LogP contribution >= 0.6 is 11.3 Å². The third kappa shape index (κ3) is 3.77. The minimum Gasteiger partial charge on any atom is -0.465 e. The summed E-state index contributed by atoms with van der Waals surface area (Å²) in [5, 5.41) is 14.3. The molecule has 2 aromatic carbocycles. The number of carbonyl (C=O) groups is 2. The highest BCUT2D eigenvalue weighted by atomic mass is 32.1. The molecule has 1 aromatic heterocycles. The molecule has 0 saturated carbocycles. The van der Waals surface area contributed by atoms with E-state index in [1.165, 1.54) is 4.90 Å². The van der Waals surface area contributed by atoms with E-state index in [-0.39, 0.29) is 18.4 Å². The van der Waals surface area contributed by atoms with Gasteiger partial charge in [0.05, 0.1) is 5.92 Å². The molecular weight excluding hydrogens is 372 g/mol. The van der Waals surface area contributed by atoms with Crippen LogP contribution in [0, 0.1) is 5.92 Å². The lowest BCUT2D eigenvalue weighted by atomic mass is 9.93. The molecule has 28 heavy (non-hydrogen) atoms. The van der Waals surface area contributed by atoms with Crippen LogP contribution in [0.15, 0.2) is 72.1 Å². The molecule has 2 heterocycles. The Morgan fingerprint density at radius 3 is 2.46 bits per heavy atom. The molecule has 1 saturated heterocycles. The van der Waals surface area contributed by atoms with Gasteiger partial charge in [0.25, 0.3) is 0 Å². The molecule has 2 N–H and O–H groups in total. The van der Waals surface area contributed by atoms with Gasteiger partial charge in [0.15, 0.2) is 0 Å². The fraction of sp³-hybridized carbons (Fsp3) is 0.182. The monoisotopic (exact) mass is 392 g/mol. The molecule has 0 aliphatic carbocycles. The van der Waals surface area contributed by atoms with Crippen LogP contribution in [-0.4, -0.2) is 35.1 Å². The van der Waals surface area contributed by atoms with E-state index in [0.717, 1.165) is 16.0 Å². The molecule has 6 heteroatoms. The maximum absolute atomic E-state index is 13.0. The summed E-state index contributed by atoms with van der Waals surface area (Å²) in [7, 11) is 0. The smallest absolute Gasteiger partial charge is 0.407 e. The molecule has 1 fully saturated rings. The van der Waals surface area contributed by atoms with Crippen LogP contribution in [0.25, 0.3) is 11.1 Å². The van der Waals surface area contributed by atoms with Crippen LogP contribution in [0.4, 0.5) is 10.5 Å². The first-order chi connectivity index (χ1) is 13.6. The van der Waals surface area contributed by atoms with Crippen molar-refractivity contribution >= 4 is 29.0 Å². The van der Waals surface area contributed by atoms with Gasteiger partial charge >= 0.3 is 6.09 Å². The predicted octanol–water partition coefficient (Wildman–Crippen LogP) is 4.75. The average molecular weight is 392 g/mol. The van der Waals surface area contributed by atoms with Gasteiger partial charge in [0.1, 0.15) is 0 Å². The molecule has 0 spiro atoms. The zero-order valence-electron chi connectivity index (χ0n) is 15.1. The number of anilines is 1. The van der Waals surface area contributed by atoms with Crippen molar-refractivity contribution in [2.24, 2.45) is 5.92 Å². The van der Waals surface area contributed by atoms with Crippen molar-refractivity contribution in [1.29, 1.82) is 0 Å². The van der Waals surface area contributed by atoms with Crippen molar-refractivity contribution in [3.05, 3.63) is 77.0 Å². The van der Waals surface area contributed by atoms with Crippen LogP contribution in [0.1, 0.15) is 10.8 Å². The van der Waals surface area contributed by atoms with E-state index >= 15 is 0 Å². The molecule has 142 valence electrons. The Labute approximate surface area is 167 Å². The van der Waals surface area contributed by atoms with E-state index in [0.29, 0.717) is 12.2 Å². The largest absolute Gasteiger partial charge is 0.465 e. The minimum atomic E-state index is -0.983. The number of nitrogens with one attached hydrogen (secondary N) is 1. The maximum atomic E-state index is 13.0. The molecule has 0 unspecified atom stereocenters. The van der Waals surface area contributed by atoms with Gasteiger partial charge in [-0.1, -0.05) is 48.5 Å². The maximum Gasteiger partial charge on any atom is 0.407 e. The molecule has 0 radical (unpaired) electrons. The zero-order valence-corrected chi connectivity index (χ0v) is 15.9. The number of likely N-dealkylation sites (tertiary alicyclic amines) is 1. The van der Waals surface area contributed by atoms with Gasteiger partial charge in [0.2, 0.25) is 5.91 Å². The number of carboxylic acid groups (broad SMARTS) is 1. The lowest BCUT2D eigenvalue weighted by molar-refractivity contribution is -0.119. The second kappa shape index (κ2) is 7.86. The van der Waals surface area contributed by atoms with Gasteiger partial charge in [-0.15, -0.1) is 11.3 Å². The lowest BCUT2D eigenvalue weighted by Gasteiger charge is -2.17. The topological polar surface area (TPSA) is 69.6 Å². The van der Waals surface area contributed by atoms with Crippen molar-refractivity contribution < 1.29 is 14.7 Å². The van der Waals surface area contributed by atoms with Gasteiger partial charge < -0.3 is 15.3 Å². The molecule has 2 amide bonds. The standard InChI is InChI=1S/C22H20N2O3S/c25-21(19-14-24(22(26)27)13-18(19)20-10-5-11-28-20)23-17-9-4-8-16(12-17)15-6-2-1-3-7-15/h1-12,18-19H,13-14H2,(H,23,25)(H,26,27)/t18-,19-/m0/s1. The SMILES string of the molecule is O=C(Nc1cccc(-c2ccccc2)c1)[C@H]1CN(C(=O)O)C[C@@H]1c1cccs1. The van der Waals surface area contributed by atoms with Crippen molar-refractivity contribution in [2.45, 2.75) is 5.92 Å². The van der Waals surface area contributed by atoms with Crippen molar-refractivity contribution in [2.75, 3.05) is 18.4 Å². The molecule has 1 aliphatic heterocycles. The molecule has 3 aromatic rings. The lowest BCUT2D eigenvalue weighted by Crippen LogP contribution is -2.30. The number of benzene rings is 2. The summed E-state index contributed by atoms with van der Waals surface area (Å²) in [6.45, 7) is 0.556. The van der Waals surface area contributed by atoms with Crippen molar-refractivity contribution in [1.82, 2.24) is 4.90 Å².